The zero-order chi connectivity index (χ0) is 25.8. The number of rotatable bonds is 5. The molecular weight excluding hydrogens is 584 g/mol. The molecule has 3 aromatic rings. The number of urea groups is 2. The van der Waals surface area contributed by atoms with Crippen molar-refractivity contribution in [3.63, 3.8) is 0 Å². The highest BCUT2D eigenvalue weighted by molar-refractivity contribution is 9.11. The first-order chi connectivity index (χ1) is 16.7. The van der Waals surface area contributed by atoms with Gasteiger partial charge in [-0.1, -0.05) is 36.4 Å². The Hall–Kier alpha value is -3.83. The zero-order valence-corrected chi connectivity index (χ0v) is 21.6. The highest BCUT2D eigenvalue weighted by Gasteiger charge is 2.10. The van der Waals surface area contributed by atoms with Gasteiger partial charge in [-0.25, -0.2) is 14.4 Å². The minimum absolute atomic E-state index is 0.153. The van der Waals surface area contributed by atoms with E-state index in [2.05, 4.69) is 52.5 Å². The van der Waals surface area contributed by atoms with Gasteiger partial charge >= 0.3 is 18.0 Å². The van der Waals surface area contributed by atoms with E-state index in [0.717, 1.165) is 8.95 Å². The van der Waals surface area contributed by atoms with Crippen LogP contribution in [0.5, 0.6) is 5.75 Å². The Labute approximate surface area is 218 Å². The first-order valence-corrected chi connectivity index (χ1v) is 11.5. The number of phenolic OH excluding ortho intramolecular Hbond substituents is 1. The molecule has 0 aliphatic rings. The number of hydrogen-bond donors (Lipinski definition) is 5. The van der Waals surface area contributed by atoms with Gasteiger partial charge in [0.2, 0.25) is 0 Å². The van der Waals surface area contributed by atoms with Gasteiger partial charge < -0.3 is 31.5 Å². The number of anilines is 3. The summed E-state index contributed by atoms with van der Waals surface area (Å²) in [6.07, 6.45) is 2.58. The second-order valence-corrected chi connectivity index (χ2v) is 8.34. The number of carbonyl (C=O) groups is 3. The fourth-order valence-electron chi connectivity index (χ4n) is 2.56. The maximum atomic E-state index is 12.1. The summed E-state index contributed by atoms with van der Waals surface area (Å²) in [7, 11) is 1.26. The number of phenols is 1. The molecule has 0 aromatic heterocycles. The van der Waals surface area contributed by atoms with E-state index in [9.17, 15) is 19.5 Å². The van der Waals surface area contributed by atoms with E-state index in [4.69, 9.17) is 5.73 Å². The van der Waals surface area contributed by atoms with Crippen molar-refractivity contribution in [3.8, 4) is 5.75 Å². The van der Waals surface area contributed by atoms with Crippen molar-refractivity contribution < 1.29 is 24.2 Å². The van der Waals surface area contributed by atoms with Crippen molar-refractivity contribution in [3.05, 3.63) is 87.3 Å². The SMILES string of the molecule is COC(=O)C=Cc1cccc(NC(=O)Nc2ccccc2Br)c1O.NC(=O)Nc1ccccc1Br. The minimum Gasteiger partial charge on any atom is -0.505 e. The van der Waals surface area contributed by atoms with Crippen LogP contribution in [0.3, 0.4) is 0 Å². The van der Waals surface area contributed by atoms with Crippen molar-refractivity contribution in [2.45, 2.75) is 0 Å². The van der Waals surface area contributed by atoms with Gasteiger partial charge in [-0.3, -0.25) is 0 Å². The van der Waals surface area contributed by atoms with Crippen molar-refractivity contribution in [1.82, 2.24) is 0 Å². The van der Waals surface area contributed by atoms with Crippen LogP contribution in [0.2, 0.25) is 0 Å². The first-order valence-electron chi connectivity index (χ1n) is 9.92. The van der Waals surface area contributed by atoms with Crippen LogP contribution in [0.15, 0.2) is 81.8 Å². The molecule has 4 amide bonds. The van der Waals surface area contributed by atoms with Crippen LogP contribution in [0, 0.1) is 0 Å². The Morgan fingerprint density at radius 1 is 0.829 bits per heavy atom. The van der Waals surface area contributed by atoms with Crippen LogP contribution in [0.25, 0.3) is 6.08 Å². The summed E-state index contributed by atoms with van der Waals surface area (Å²) in [5.41, 5.74) is 6.79. The third-order valence-electron chi connectivity index (χ3n) is 4.17. The number of amides is 4. The van der Waals surface area contributed by atoms with Crippen LogP contribution in [0.4, 0.5) is 26.7 Å². The lowest BCUT2D eigenvalue weighted by Crippen LogP contribution is -2.19. The largest absolute Gasteiger partial charge is 0.505 e. The highest BCUT2D eigenvalue weighted by Crippen LogP contribution is 2.29. The fourth-order valence-corrected chi connectivity index (χ4v) is 3.32. The molecule has 6 N–H and O–H groups in total. The van der Waals surface area contributed by atoms with Crippen LogP contribution in [-0.2, 0) is 9.53 Å². The number of aromatic hydroxyl groups is 1. The van der Waals surface area contributed by atoms with Gasteiger partial charge in [-0.15, -0.1) is 0 Å². The summed E-state index contributed by atoms with van der Waals surface area (Å²) in [4.78, 5) is 33.6. The number of halogens is 2. The second-order valence-electron chi connectivity index (χ2n) is 6.63. The van der Waals surface area contributed by atoms with Crippen LogP contribution in [0.1, 0.15) is 5.56 Å². The molecule has 0 spiro atoms. The number of methoxy groups -OCH3 is 1. The lowest BCUT2D eigenvalue weighted by molar-refractivity contribution is -0.134. The van der Waals surface area contributed by atoms with E-state index in [1.807, 2.05) is 24.3 Å². The smallest absolute Gasteiger partial charge is 0.330 e. The van der Waals surface area contributed by atoms with Crippen molar-refractivity contribution in [2.24, 2.45) is 5.73 Å². The lowest BCUT2D eigenvalue weighted by Gasteiger charge is -2.11. The van der Waals surface area contributed by atoms with Gasteiger partial charge in [-0.05, 0) is 68.3 Å². The molecule has 0 saturated heterocycles. The van der Waals surface area contributed by atoms with E-state index in [-0.39, 0.29) is 11.4 Å². The maximum absolute atomic E-state index is 12.1. The normalized spacial score (nSPS) is 10.0. The van der Waals surface area contributed by atoms with Crippen molar-refractivity contribution in [1.29, 1.82) is 0 Å². The number of para-hydroxylation sites is 3. The Kier molecular flexibility index (Phi) is 10.8. The molecule has 0 bridgehead atoms. The molecule has 0 unspecified atom stereocenters. The third kappa shape index (κ3) is 9.14. The Balaban J connectivity index is 0.000000328. The van der Waals surface area contributed by atoms with E-state index in [0.29, 0.717) is 16.9 Å². The van der Waals surface area contributed by atoms with Gasteiger partial charge in [0.1, 0.15) is 5.75 Å². The average Bonchev–Trinajstić information content (AvgIpc) is 2.82. The molecule has 9 nitrogen and oxygen atoms in total. The summed E-state index contributed by atoms with van der Waals surface area (Å²) in [6, 6.07) is 18.1. The van der Waals surface area contributed by atoms with Gasteiger partial charge in [0.15, 0.2) is 0 Å². The molecule has 0 radical (unpaired) electrons. The first kappa shape index (κ1) is 27.4. The molecule has 11 heteroatoms. The van der Waals surface area contributed by atoms with E-state index in [1.54, 1.807) is 42.5 Å². The zero-order valence-electron chi connectivity index (χ0n) is 18.4. The topological polar surface area (TPSA) is 143 Å². The number of benzene rings is 3. The molecule has 3 aromatic carbocycles. The predicted octanol–water partition coefficient (Wildman–Crippen LogP) is 5.92. The number of ether oxygens (including phenoxy) is 1. The standard InChI is InChI=1S/C17H15BrN2O4.C7H7BrN2O/c1-24-15(21)10-9-11-5-4-8-14(16(11)22)20-17(23)19-13-7-3-2-6-12(13)18;8-5-3-1-2-4-6(5)10-7(9)11/h2-10,22H,1H3,(H2,19,20,23);1-4H,(H3,9,10,11). The summed E-state index contributed by atoms with van der Waals surface area (Å²) < 4.78 is 6.05. The fraction of sp³-hybridized carbons (Fsp3) is 0.0417. The van der Waals surface area contributed by atoms with E-state index >= 15 is 0 Å². The summed E-state index contributed by atoms with van der Waals surface area (Å²) in [6.45, 7) is 0. The molecule has 0 heterocycles. The lowest BCUT2D eigenvalue weighted by atomic mass is 10.1. The number of esters is 1. The molecule has 0 fully saturated rings. The predicted molar refractivity (Wildman–Crippen MR) is 143 cm³/mol. The molecule has 182 valence electrons. The third-order valence-corrected chi connectivity index (χ3v) is 5.55. The van der Waals surface area contributed by atoms with Gasteiger partial charge in [0.05, 0.1) is 24.2 Å². The number of hydrogen-bond acceptors (Lipinski definition) is 5. The molecule has 0 atom stereocenters. The van der Waals surface area contributed by atoms with Crippen LogP contribution in [-0.4, -0.2) is 30.2 Å². The van der Waals surface area contributed by atoms with Gasteiger partial charge in [0, 0.05) is 20.6 Å². The molecular formula is C24H22Br2N4O5. The summed E-state index contributed by atoms with van der Waals surface area (Å²) in [5.74, 6) is -0.695. The number of nitrogens with one attached hydrogen (secondary N) is 3. The van der Waals surface area contributed by atoms with Gasteiger partial charge in [-0.2, -0.15) is 0 Å². The number of nitrogens with two attached hydrogens (primary N) is 1. The molecule has 0 aliphatic heterocycles. The van der Waals surface area contributed by atoms with Crippen molar-refractivity contribution in [2.75, 3.05) is 23.1 Å². The van der Waals surface area contributed by atoms with Gasteiger partial charge in [0.25, 0.3) is 0 Å². The summed E-state index contributed by atoms with van der Waals surface area (Å²) in [5, 5.41) is 17.9. The molecule has 0 aliphatic carbocycles. The minimum atomic E-state index is -0.558. The Morgan fingerprint density at radius 3 is 1.89 bits per heavy atom. The van der Waals surface area contributed by atoms with E-state index in [1.165, 1.54) is 19.3 Å². The quantitative estimate of drug-likeness (QED) is 0.139. The van der Waals surface area contributed by atoms with Crippen molar-refractivity contribution >= 4 is 73.0 Å². The second kappa shape index (κ2) is 13.8. The average molecular weight is 606 g/mol. The molecule has 35 heavy (non-hydrogen) atoms. The summed E-state index contributed by atoms with van der Waals surface area (Å²) >= 11 is 6.59. The number of carbonyl (C=O) groups excluding carboxylic acids is 3. The molecule has 3 rings (SSSR count). The Morgan fingerprint density at radius 2 is 1.34 bits per heavy atom. The number of primary amides is 1. The maximum Gasteiger partial charge on any atom is 0.330 e. The van der Waals surface area contributed by atoms with E-state index < -0.39 is 18.0 Å². The highest BCUT2D eigenvalue weighted by atomic mass is 79.9. The Bertz CT molecular complexity index is 1230. The van der Waals surface area contributed by atoms with Crippen LogP contribution >= 0.6 is 31.9 Å². The molecule has 0 saturated carbocycles. The monoisotopic (exact) mass is 604 g/mol. The van der Waals surface area contributed by atoms with Crippen LogP contribution < -0.4 is 21.7 Å².